The Kier molecular flexibility index (Phi) is 5.18. The number of carbonyl (C=O) groups excluding carboxylic acids is 2. The molecule has 6 nitrogen and oxygen atoms in total. The zero-order chi connectivity index (χ0) is 22.9. The van der Waals surface area contributed by atoms with Crippen molar-refractivity contribution in [2.24, 2.45) is 0 Å². The summed E-state index contributed by atoms with van der Waals surface area (Å²) < 4.78 is 11.2. The molecule has 0 spiro atoms. The van der Waals surface area contributed by atoms with Crippen molar-refractivity contribution in [1.82, 2.24) is 4.90 Å². The lowest BCUT2D eigenvalue weighted by Gasteiger charge is -2.26. The molecule has 0 saturated carbocycles. The van der Waals surface area contributed by atoms with Crippen LogP contribution in [0.1, 0.15) is 27.7 Å². The molecule has 1 aromatic heterocycles. The lowest BCUT2D eigenvalue weighted by Crippen LogP contribution is -2.30. The van der Waals surface area contributed by atoms with Crippen LogP contribution in [-0.2, 0) is 11.3 Å². The van der Waals surface area contributed by atoms with E-state index in [0.717, 1.165) is 11.1 Å². The van der Waals surface area contributed by atoms with Gasteiger partial charge in [0.15, 0.2) is 22.9 Å². The van der Waals surface area contributed by atoms with Crippen LogP contribution in [0.3, 0.4) is 0 Å². The molecule has 6 heteroatoms. The smallest absolute Gasteiger partial charge is 0.290 e. The van der Waals surface area contributed by atoms with E-state index in [0.29, 0.717) is 16.7 Å². The lowest BCUT2D eigenvalue weighted by atomic mass is 9.95. The first-order valence-electron chi connectivity index (χ1n) is 10.5. The number of nitrogens with zero attached hydrogens (tertiary/aromatic N) is 1. The number of fused-ring (bicyclic) bond motifs is 1. The second-order valence-corrected chi connectivity index (χ2v) is 7.81. The van der Waals surface area contributed by atoms with Crippen LogP contribution >= 0.6 is 0 Å². The minimum Gasteiger partial charge on any atom is -0.503 e. The molecule has 1 unspecified atom stereocenters. The maximum Gasteiger partial charge on any atom is 0.290 e. The van der Waals surface area contributed by atoms with Gasteiger partial charge in [-0.3, -0.25) is 9.59 Å². The standard InChI is InChI=1S/C27H21NO5/c1-32-20-14-8-13-19-15-21(33-26(19)20)24(29)22-23(18-11-6-3-7-12-18)28(27(31)25(22)30)16-17-9-4-2-5-10-17/h2-15,23,30H,16H2,1H3. The van der Waals surface area contributed by atoms with Gasteiger partial charge in [-0.2, -0.15) is 0 Å². The van der Waals surface area contributed by atoms with Gasteiger partial charge >= 0.3 is 0 Å². The predicted octanol–water partition coefficient (Wildman–Crippen LogP) is 5.22. The minimum absolute atomic E-state index is 0.000143. The average molecular weight is 439 g/mol. The summed E-state index contributed by atoms with van der Waals surface area (Å²) in [5.74, 6) is -1.16. The molecule has 3 aromatic carbocycles. The van der Waals surface area contributed by atoms with Gasteiger partial charge in [-0.25, -0.2) is 0 Å². The van der Waals surface area contributed by atoms with Crippen molar-refractivity contribution in [2.75, 3.05) is 7.11 Å². The molecule has 0 aliphatic carbocycles. The molecule has 2 heterocycles. The number of hydrogen-bond donors (Lipinski definition) is 1. The summed E-state index contributed by atoms with van der Waals surface area (Å²) in [6, 6.07) is 24.9. The molecule has 1 N–H and O–H groups in total. The first-order chi connectivity index (χ1) is 16.1. The molecule has 4 aromatic rings. The number of ether oxygens (including phenoxy) is 1. The van der Waals surface area contributed by atoms with Crippen molar-refractivity contribution in [2.45, 2.75) is 12.6 Å². The number of carbonyl (C=O) groups is 2. The van der Waals surface area contributed by atoms with Crippen molar-refractivity contribution in [3.63, 3.8) is 0 Å². The van der Waals surface area contributed by atoms with E-state index in [-0.39, 0.29) is 17.9 Å². The third-order valence-corrected chi connectivity index (χ3v) is 5.81. The van der Waals surface area contributed by atoms with Crippen molar-refractivity contribution in [3.05, 3.63) is 113 Å². The molecule has 33 heavy (non-hydrogen) atoms. The first-order valence-corrected chi connectivity index (χ1v) is 10.5. The Morgan fingerprint density at radius 1 is 1.00 bits per heavy atom. The Labute approximate surface area is 190 Å². The summed E-state index contributed by atoms with van der Waals surface area (Å²) in [5, 5.41) is 11.5. The van der Waals surface area contributed by atoms with Crippen LogP contribution in [0.2, 0.25) is 0 Å². The fourth-order valence-corrected chi connectivity index (χ4v) is 4.25. The maximum atomic E-state index is 13.6. The third-order valence-electron chi connectivity index (χ3n) is 5.81. The molecular weight excluding hydrogens is 418 g/mol. The number of aliphatic hydroxyl groups excluding tert-OH is 1. The molecular formula is C27H21NO5. The number of amides is 1. The van der Waals surface area contributed by atoms with E-state index in [1.165, 1.54) is 12.0 Å². The SMILES string of the molecule is COc1cccc2cc(C(=O)C3=C(O)C(=O)N(Cc4ccccc4)C3c3ccccc3)oc12. The normalized spacial score (nSPS) is 16.0. The molecule has 1 atom stereocenters. The number of Topliss-reactive ketones (excluding diaryl/α,β-unsaturated/α-hetero) is 1. The molecule has 0 radical (unpaired) electrons. The maximum absolute atomic E-state index is 13.6. The fraction of sp³-hybridized carbons (Fsp3) is 0.111. The van der Waals surface area contributed by atoms with E-state index in [1.807, 2.05) is 66.7 Å². The Morgan fingerprint density at radius 3 is 2.39 bits per heavy atom. The summed E-state index contributed by atoms with van der Waals surface area (Å²) in [5.41, 5.74) is 2.05. The van der Waals surface area contributed by atoms with Gasteiger partial charge in [0.05, 0.1) is 18.7 Å². The fourth-order valence-electron chi connectivity index (χ4n) is 4.25. The summed E-state index contributed by atoms with van der Waals surface area (Å²) in [6.45, 7) is 0.244. The summed E-state index contributed by atoms with van der Waals surface area (Å²) >= 11 is 0. The summed E-state index contributed by atoms with van der Waals surface area (Å²) in [4.78, 5) is 28.3. The van der Waals surface area contributed by atoms with Crippen LogP contribution in [0.15, 0.2) is 101 Å². The Hall–Kier alpha value is -4.32. The number of hydrogen-bond acceptors (Lipinski definition) is 5. The summed E-state index contributed by atoms with van der Waals surface area (Å²) in [6.07, 6.45) is 0. The van der Waals surface area contributed by atoms with Crippen molar-refractivity contribution < 1.29 is 23.8 Å². The number of ketones is 1. The largest absolute Gasteiger partial charge is 0.503 e. The number of furan rings is 1. The number of benzene rings is 3. The lowest BCUT2D eigenvalue weighted by molar-refractivity contribution is -0.130. The van der Waals surface area contributed by atoms with E-state index in [1.54, 1.807) is 18.2 Å². The van der Waals surface area contributed by atoms with E-state index in [4.69, 9.17) is 9.15 Å². The van der Waals surface area contributed by atoms with Crippen LogP contribution in [0.25, 0.3) is 11.0 Å². The van der Waals surface area contributed by atoms with Crippen LogP contribution in [0, 0.1) is 0 Å². The Bertz CT molecular complexity index is 1370. The zero-order valence-corrected chi connectivity index (χ0v) is 17.9. The molecule has 1 aliphatic rings. The molecule has 1 amide bonds. The minimum atomic E-state index is -0.749. The van der Waals surface area contributed by atoms with Crippen molar-refractivity contribution >= 4 is 22.7 Å². The van der Waals surface area contributed by atoms with Crippen molar-refractivity contribution in [3.8, 4) is 5.75 Å². The van der Waals surface area contributed by atoms with Crippen molar-refractivity contribution in [1.29, 1.82) is 0 Å². The van der Waals surface area contributed by atoms with E-state index >= 15 is 0 Å². The Balaban J connectivity index is 1.60. The molecule has 0 saturated heterocycles. The Morgan fingerprint density at radius 2 is 1.70 bits per heavy atom. The van der Waals surface area contributed by atoms with Crippen LogP contribution in [0.4, 0.5) is 0 Å². The number of aliphatic hydroxyl groups is 1. The van der Waals surface area contributed by atoms with Gasteiger partial charge in [-0.15, -0.1) is 0 Å². The topological polar surface area (TPSA) is 80.0 Å². The molecule has 1 aliphatic heterocycles. The highest BCUT2D eigenvalue weighted by molar-refractivity contribution is 6.16. The molecule has 0 bridgehead atoms. The van der Waals surface area contributed by atoms with Gasteiger partial charge in [0.2, 0.25) is 5.78 Å². The summed E-state index contributed by atoms with van der Waals surface area (Å²) in [7, 11) is 1.52. The van der Waals surface area contributed by atoms with Crippen LogP contribution < -0.4 is 4.74 Å². The molecule has 5 rings (SSSR count). The second kappa shape index (κ2) is 8.31. The monoisotopic (exact) mass is 439 g/mol. The van der Waals surface area contributed by atoms with Crippen LogP contribution in [0.5, 0.6) is 5.75 Å². The highest BCUT2D eigenvalue weighted by Crippen LogP contribution is 2.41. The first kappa shape index (κ1) is 20.6. The van der Waals surface area contributed by atoms with Gasteiger partial charge in [-0.1, -0.05) is 72.8 Å². The molecule has 0 fully saturated rings. The number of rotatable bonds is 6. The number of methoxy groups -OCH3 is 1. The van der Waals surface area contributed by atoms with Gasteiger partial charge < -0.3 is 19.2 Å². The van der Waals surface area contributed by atoms with E-state index in [2.05, 4.69) is 0 Å². The van der Waals surface area contributed by atoms with Gasteiger partial charge in [0.1, 0.15) is 0 Å². The van der Waals surface area contributed by atoms with E-state index in [9.17, 15) is 14.7 Å². The second-order valence-electron chi connectivity index (χ2n) is 7.81. The van der Waals surface area contributed by atoms with Gasteiger partial charge in [0.25, 0.3) is 5.91 Å². The average Bonchev–Trinajstić information content (AvgIpc) is 3.40. The van der Waals surface area contributed by atoms with E-state index < -0.39 is 23.5 Å². The quantitative estimate of drug-likeness (QED) is 0.417. The zero-order valence-electron chi connectivity index (χ0n) is 17.9. The predicted molar refractivity (Wildman–Crippen MR) is 123 cm³/mol. The van der Waals surface area contributed by atoms with Gasteiger partial charge in [-0.05, 0) is 23.3 Å². The third kappa shape index (κ3) is 3.55. The highest BCUT2D eigenvalue weighted by atomic mass is 16.5. The van der Waals surface area contributed by atoms with Gasteiger partial charge in [0, 0.05) is 11.9 Å². The molecule has 164 valence electrons. The highest BCUT2D eigenvalue weighted by Gasteiger charge is 2.44. The van der Waals surface area contributed by atoms with Crippen LogP contribution in [-0.4, -0.2) is 28.8 Å². The number of para-hydroxylation sites is 1.